The van der Waals surface area contributed by atoms with E-state index in [1.54, 1.807) is 11.8 Å². The predicted molar refractivity (Wildman–Crippen MR) is 47.1 cm³/mol. The minimum Gasteiger partial charge on any atom is -0.411 e. The monoisotopic (exact) mass is 161 g/mol. The van der Waals surface area contributed by atoms with E-state index >= 15 is 0 Å². The fourth-order valence-electron chi connectivity index (χ4n) is 0.532. The highest BCUT2D eigenvalue weighted by atomic mass is 32.2. The molecule has 0 aliphatic heterocycles. The summed E-state index contributed by atoms with van der Waals surface area (Å²) in [6.07, 6.45) is 2.00. The normalized spacial score (nSPS) is 13.8. The fourth-order valence-corrected chi connectivity index (χ4v) is 1.30. The average molecular weight is 161 g/mol. The van der Waals surface area contributed by atoms with Gasteiger partial charge >= 0.3 is 0 Å². The predicted octanol–water partition coefficient (Wildman–Crippen LogP) is 2.23. The molecule has 0 atom stereocenters. The number of rotatable bonds is 2. The molecular formula is C7H15NOS. The zero-order chi connectivity index (χ0) is 8.20. The lowest BCUT2D eigenvalue weighted by atomic mass is 9.91. The van der Waals surface area contributed by atoms with E-state index in [9.17, 15) is 0 Å². The van der Waals surface area contributed by atoms with Gasteiger partial charge in [0, 0.05) is 11.2 Å². The summed E-state index contributed by atoms with van der Waals surface area (Å²) in [5, 5.41) is 11.8. The highest BCUT2D eigenvalue weighted by molar-refractivity contribution is 7.99. The third-order valence-electron chi connectivity index (χ3n) is 1.27. The van der Waals surface area contributed by atoms with Crippen molar-refractivity contribution in [2.45, 2.75) is 20.8 Å². The summed E-state index contributed by atoms with van der Waals surface area (Å²) >= 11 is 1.67. The molecule has 60 valence electrons. The maximum Gasteiger partial charge on any atom is 0.0722 e. The zero-order valence-electron chi connectivity index (χ0n) is 7.01. The minimum atomic E-state index is -0.00222. The Morgan fingerprint density at radius 3 is 2.10 bits per heavy atom. The molecule has 0 unspecified atom stereocenters. The van der Waals surface area contributed by atoms with Gasteiger partial charge in [0.25, 0.3) is 0 Å². The first-order chi connectivity index (χ1) is 4.52. The molecule has 10 heavy (non-hydrogen) atoms. The van der Waals surface area contributed by atoms with Crippen LogP contribution in [0, 0.1) is 5.41 Å². The number of oxime groups is 1. The van der Waals surface area contributed by atoms with Gasteiger partial charge in [-0.15, -0.1) is 0 Å². The molecule has 0 aromatic carbocycles. The number of hydrogen-bond donors (Lipinski definition) is 1. The quantitative estimate of drug-likeness (QED) is 0.382. The second-order valence-corrected chi connectivity index (χ2v) is 4.10. The van der Waals surface area contributed by atoms with Crippen molar-refractivity contribution in [3.63, 3.8) is 0 Å². The second kappa shape index (κ2) is 3.86. The SMILES string of the molecule is CSC/C(=N/O)C(C)(C)C. The summed E-state index contributed by atoms with van der Waals surface area (Å²) in [7, 11) is 0. The molecule has 0 spiro atoms. The molecule has 0 aromatic rings. The maximum absolute atomic E-state index is 8.57. The largest absolute Gasteiger partial charge is 0.411 e. The number of hydrogen-bond acceptors (Lipinski definition) is 3. The van der Waals surface area contributed by atoms with Gasteiger partial charge in [-0.1, -0.05) is 25.9 Å². The van der Waals surface area contributed by atoms with E-state index in [1.165, 1.54) is 0 Å². The summed E-state index contributed by atoms with van der Waals surface area (Å²) < 4.78 is 0. The molecule has 0 amide bonds. The van der Waals surface area contributed by atoms with Crippen LogP contribution in [0.5, 0.6) is 0 Å². The first-order valence-electron chi connectivity index (χ1n) is 3.22. The number of nitrogens with zero attached hydrogens (tertiary/aromatic N) is 1. The molecule has 0 saturated carbocycles. The lowest BCUT2D eigenvalue weighted by molar-refractivity contribution is 0.311. The van der Waals surface area contributed by atoms with E-state index in [2.05, 4.69) is 5.16 Å². The number of thioether (sulfide) groups is 1. The van der Waals surface area contributed by atoms with E-state index < -0.39 is 0 Å². The third kappa shape index (κ3) is 3.11. The van der Waals surface area contributed by atoms with Crippen LogP contribution in [0.15, 0.2) is 5.16 Å². The second-order valence-electron chi connectivity index (χ2n) is 3.23. The molecule has 0 fully saturated rings. The van der Waals surface area contributed by atoms with Crippen LogP contribution in [0.2, 0.25) is 0 Å². The Morgan fingerprint density at radius 2 is 2.00 bits per heavy atom. The Balaban J connectivity index is 4.10. The summed E-state index contributed by atoms with van der Waals surface area (Å²) in [5.74, 6) is 0.806. The molecule has 0 radical (unpaired) electrons. The van der Waals surface area contributed by atoms with Crippen molar-refractivity contribution in [3.8, 4) is 0 Å². The highest BCUT2D eigenvalue weighted by Gasteiger charge is 2.18. The van der Waals surface area contributed by atoms with E-state index in [1.807, 2.05) is 27.0 Å². The Morgan fingerprint density at radius 1 is 1.50 bits per heavy atom. The third-order valence-corrected chi connectivity index (χ3v) is 1.83. The van der Waals surface area contributed by atoms with Gasteiger partial charge in [-0.25, -0.2) is 0 Å². The molecule has 0 aliphatic carbocycles. The van der Waals surface area contributed by atoms with Crippen LogP contribution in [0.1, 0.15) is 20.8 Å². The summed E-state index contributed by atoms with van der Waals surface area (Å²) in [4.78, 5) is 0. The molecule has 0 bridgehead atoms. The molecule has 0 aromatic heterocycles. The van der Waals surface area contributed by atoms with Crippen molar-refractivity contribution in [3.05, 3.63) is 0 Å². The molecule has 1 N–H and O–H groups in total. The van der Waals surface area contributed by atoms with Crippen LogP contribution < -0.4 is 0 Å². The van der Waals surface area contributed by atoms with Crippen LogP contribution in [-0.2, 0) is 0 Å². The highest BCUT2D eigenvalue weighted by Crippen LogP contribution is 2.18. The van der Waals surface area contributed by atoms with Gasteiger partial charge in [-0.05, 0) is 6.26 Å². The van der Waals surface area contributed by atoms with Crippen molar-refractivity contribution in [1.82, 2.24) is 0 Å². The van der Waals surface area contributed by atoms with Gasteiger partial charge in [-0.2, -0.15) is 11.8 Å². The van der Waals surface area contributed by atoms with Crippen molar-refractivity contribution in [1.29, 1.82) is 0 Å². The Bertz CT molecular complexity index is 126. The van der Waals surface area contributed by atoms with Crippen LogP contribution in [0.4, 0.5) is 0 Å². The first-order valence-corrected chi connectivity index (χ1v) is 4.62. The van der Waals surface area contributed by atoms with E-state index in [0.717, 1.165) is 11.5 Å². The Labute approximate surface area is 66.7 Å². The van der Waals surface area contributed by atoms with Crippen LogP contribution in [-0.4, -0.2) is 22.9 Å². The topological polar surface area (TPSA) is 32.6 Å². The zero-order valence-corrected chi connectivity index (χ0v) is 7.83. The standard InChI is InChI=1S/C7H15NOS/c1-7(2,3)6(8-9)5-10-4/h9H,5H2,1-4H3/b8-6-. The van der Waals surface area contributed by atoms with Crippen LogP contribution >= 0.6 is 11.8 Å². The summed E-state index contributed by atoms with van der Waals surface area (Å²) in [6.45, 7) is 6.12. The van der Waals surface area contributed by atoms with Crippen LogP contribution in [0.3, 0.4) is 0 Å². The minimum absolute atomic E-state index is 0.00222. The van der Waals surface area contributed by atoms with E-state index in [4.69, 9.17) is 5.21 Å². The van der Waals surface area contributed by atoms with E-state index in [0.29, 0.717) is 0 Å². The summed E-state index contributed by atoms with van der Waals surface area (Å²) in [5.41, 5.74) is 0.845. The maximum atomic E-state index is 8.57. The molecular weight excluding hydrogens is 146 g/mol. The Hall–Kier alpha value is -0.180. The van der Waals surface area contributed by atoms with Gasteiger partial charge in [0.1, 0.15) is 0 Å². The van der Waals surface area contributed by atoms with Gasteiger partial charge < -0.3 is 5.21 Å². The van der Waals surface area contributed by atoms with Crippen molar-refractivity contribution in [2.75, 3.05) is 12.0 Å². The van der Waals surface area contributed by atoms with Crippen molar-refractivity contribution < 1.29 is 5.21 Å². The molecule has 0 heterocycles. The lowest BCUT2D eigenvalue weighted by Crippen LogP contribution is -2.22. The molecule has 2 nitrogen and oxygen atoms in total. The van der Waals surface area contributed by atoms with Crippen molar-refractivity contribution >= 4 is 17.5 Å². The summed E-state index contributed by atoms with van der Waals surface area (Å²) in [6, 6.07) is 0. The smallest absolute Gasteiger partial charge is 0.0722 e. The van der Waals surface area contributed by atoms with E-state index in [-0.39, 0.29) is 5.41 Å². The molecule has 3 heteroatoms. The molecule has 0 rings (SSSR count). The molecule has 0 aliphatic rings. The fraction of sp³-hybridized carbons (Fsp3) is 0.857. The average Bonchev–Trinajstić information content (AvgIpc) is 1.80. The first kappa shape index (κ1) is 9.82. The van der Waals surface area contributed by atoms with Gasteiger partial charge in [-0.3, -0.25) is 0 Å². The van der Waals surface area contributed by atoms with Gasteiger partial charge in [0.15, 0.2) is 0 Å². The van der Waals surface area contributed by atoms with Gasteiger partial charge in [0.2, 0.25) is 0 Å². The Kier molecular flexibility index (Phi) is 3.79. The van der Waals surface area contributed by atoms with Crippen LogP contribution in [0.25, 0.3) is 0 Å². The van der Waals surface area contributed by atoms with Gasteiger partial charge in [0.05, 0.1) is 5.71 Å². The molecule has 0 saturated heterocycles. The van der Waals surface area contributed by atoms with Crippen molar-refractivity contribution in [2.24, 2.45) is 10.6 Å². The lowest BCUT2D eigenvalue weighted by Gasteiger charge is -2.18.